The summed E-state index contributed by atoms with van der Waals surface area (Å²) >= 11 is 0. The number of pyridine rings is 1. The molecule has 0 saturated carbocycles. The molecule has 1 fully saturated rings. The van der Waals surface area contributed by atoms with E-state index in [4.69, 9.17) is 4.74 Å². The largest absolute Gasteiger partial charge is 0.379 e. The molecule has 1 aromatic rings. The summed E-state index contributed by atoms with van der Waals surface area (Å²) in [6, 6.07) is 3.32. The van der Waals surface area contributed by atoms with Crippen LogP contribution < -0.4 is 5.32 Å². The number of hydrogen-bond donors (Lipinski definition) is 1. The van der Waals surface area contributed by atoms with Gasteiger partial charge in [-0.2, -0.15) is 0 Å². The maximum absolute atomic E-state index is 12.7. The Bertz CT molecular complexity index is 352. The van der Waals surface area contributed by atoms with E-state index in [2.05, 4.69) is 15.2 Å². The molecule has 0 aliphatic carbocycles. The minimum atomic E-state index is -0.292. The van der Waals surface area contributed by atoms with Crippen LogP contribution in [0.25, 0.3) is 0 Å². The molecule has 4 nitrogen and oxygen atoms in total. The van der Waals surface area contributed by atoms with Crippen LogP contribution in [0.5, 0.6) is 0 Å². The van der Waals surface area contributed by atoms with Gasteiger partial charge in [-0.25, -0.2) is 4.39 Å². The monoisotopic (exact) mass is 253 g/mol. The van der Waals surface area contributed by atoms with Gasteiger partial charge < -0.3 is 10.1 Å². The van der Waals surface area contributed by atoms with Gasteiger partial charge in [0, 0.05) is 32.2 Å². The lowest BCUT2D eigenvalue weighted by atomic mass is 10.2. The molecule has 0 bridgehead atoms. The summed E-state index contributed by atoms with van der Waals surface area (Å²) in [6.07, 6.45) is 1.26. The predicted octanol–water partition coefficient (Wildman–Crippen LogP) is 1.20. The molecule has 100 valence electrons. The molecule has 0 spiro atoms. The lowest BCUT2D eigenvalue weighted by molar-refractivity contribution is 0.0382. The highest BCUT2D eigenvalue weighted by Crippen LogP contribution is 2.08. The summed E-state index contributed by atoms with van der Waals surface area (Å²) in [6.45, 7) is 7.62. The fraction of sp³-hybridized carbons (Fsp3) is 0.615. The fourth-order valence-corrected chi connectivity index (χ4v) is 2.01. The quantitative estimate of drug-likeness (QED) is 0.855. The number of halogens is 1. The van der Waals surface area contributed by atoms with E-state index < -0.39 is 0 Å². The van der Waals surface area contributed by atoms with Gasteiger partial charge in [0.25, 0.3) is 0 Å². The lowest BCUT2D eigenvalue weighted by Gasteiger charge is -2.27. The van der Waals surface area contributed by atoms with Crippen LogP contribution in [0.1, 0.15) is 18.7 Å². The number of nitrogens with one attached hydrogen (secondary N) is 1. The van der Waals surface area contributed by atoms with Crippen LogP contribution in [0, 0.1) is 5.82 Å². The number of morpholine rings is 1. The lowest BCUT2D eigenvalue weighted by Crippen LogP contribution is -2.40. The highest BCUT2D eigenvalue weighted by molar-refractivity contribution is 5.08. The van der Waals surface area contributed by atoms with Crippen LogP contribution in [0.3, 0.4) is 0 Å². The van der Waals surface area contributed by atoms with Gasteiger partial charge in [-0.15, -0.1) is 0 Å². The second kappa shape index (κ2) is 6.78. The van der Waals surface area contributed by atoms with Crippen molar-refractivity contribution in [3.8, 4) is 0 Å². The summed E-state index contributed by atoms with van der Waals surface area (Å²) in [5, 5.41) is 3.40. The van der Waals surface area contributed by atoms with Gasteiger partial charge in [-0.3, -0.25) is 9.88 Å². The van der Waals surface area contributed by atoms with Crippen molar-refractivity contribution in [3.05, 3.63) is 29.8 Å². The van der Waals surface area contributed by atoms with Gasteiger partial charge in [0.1, 0.15) is 5.82 Å². The van der Waals surface area contributed by atoms with E-state index in [-0.39, 0.29) is 11.9 Å². The molecule has 2 rings (SSSR count). The van der Waals surface area contributed by atoms with Crippen LogP contribution in [0.2, 0.25) is 0 Å². The minimum Gasteiger partial charge on any atom is -0.379 e. The van der Waals surface area contributed by atoms with Crippen molar-refractivity contribution in [3.63, 3.8) is 0 Å². The Labute approximate surface area is 107 Å². The number of hydrogen-bond acceptors (Lipinski definition) is 4. The molecule has 0 aromatic carbocycles. The average Bonchev–Trinajstić information content (AvgIpc) is 2.40. The first-order valence-corrected chi connectivity index (χ1v) is 6.40. The van der Waals surface area contributed by atoms with E-state index in [1.807, 2.05) is 6.92 Å². The Balaban J connectivity index is 1.70. The highest BCUT2D eigenvalue weighted by atomic mass is 19.1. The minimum absolute atomic E-state index is 0.145. The molecular formula is C13H20FN3O. The van der Waals surface area contributed by atoms with Gasteiger partial charge in [-0.1, -0.05) is 0 Å². The smallest absolute Gasteiger partial charge is 0.141 e. The Morgan fingerprint density at radius 3 is 2.89 bits per heavy atom. The van der Waals surface area contributed by atoms with E-state index in [0.717, 1.165) is 45.1 Å². The zero-order valence-electron chi connectivity index (χ0n) is 10.7. The molecule has 5 heteroatoms. The molecule has 1 unspecified atom stereocenters. The molecule has 1 atom stereocenters. The first kappa shape index (κ1) is 13.4. The van der Waals surface area contributed by atoms with E-state index in [9.17, 15) is 4.39 Å². The van der Waals surface area contributed by atoms with Crippen LogP contribution in [-0.2, 0) is 4.74 Å². The highest BCUT2D eigenvalue weighted by Gasteiger charge is 2.11. The molecule has 1 aliphatic heterocycles. The zero-order valence-corrected chi connectivity index (χ0v) is 10.7. The van der Waals surface area contributed by atoms with Crippen molar-refractivity contribution in [1.82, 2.24) is 15.2 Å². The third-order valence-corrected chi connectivity index (χ3v) is 3.18. The molecule has 1 N–H and O–H groups in total. The normalized spacial score (nSPS) is 18.8. The Morgan fingerprint density at radius 1 is 1.44 bits per heavy atom. The number of aromatic nitrogens is 1. The molecule has 0 radical (unpaired) electrons. The standard InChI is InChI=1S/C13H20FN3O/c1-11(13-3-2-12(14)10-16-13)15-4-5-17-6-8-18-9-7-17/h2-3,10-11,15H,4-9H2,1H3. The average molecular weight is 253 g/mol. The van der Waals surface area contributed by atoms with Gasteiger partial charge in [-0.05, 0) is 19.1 Å². The molecule has 1 saturated heterocycles. The first-order chi connectivity index (χ1) is 8.75. The van der Waals surface area contributed by atoms with Gasteiger partial charge >= 0.3 is 0 Å². The second-order valence-electron chi connectivity index (χ2n) is 4.53. The third-order valence-electron chi connectivity index (χ3n) is 3.18. The van der Waals surface area contributed by atoms with Gasteiger partial charge in [0.15, 0.2) is 0 Å². The predicted molar refractivity (Wildman–Crippen MR) is 67.9 cm³/mol. The SMILES string of the molecule is CC(NCCN1CCOCC1)c1ccc(F)cn1. The Morgan fingerprint density at radius 2 is 2.22 bits per heavy atom. The van der Waals surface area contributed by atoms with E-state index in [1.165, 1.54) is 12.3 Å². The molecular weight excluding hydrogens is 233 g/mol. The maximum Gasteiger partial charge on any atom is 0.141 e. The van der Waals surface area contributed by atoms with Crippen molar-refractivity contribution in [2.75, 3.05) is 39.4 Å². The summed E-state index contributed by atoms with van der Waals surface area (Å²) in [5.74, 6) is -0.292. The van der Waals surface area contributed by atoms with Crippen molar-refractivity contribution < 1.29 is 9.13 Å². The second-order valence-corrected chi connectivity index (χ2v) is 4.53. The summed E-state index contributed by atoms with van der Waals surface area (Å²) in [4.78, 5) is 6.45. The van der Waals surface area contributed by atoms with Crippen LogP contribution >= 0.6 is 0 Å². The molecule has 18 heavy (non-hydrogen) atoms. The van der Waals surface area contributed by atoms with Crippen molar-refractivity contribution in [2.45, 2.75) is 13.0 Å². The Kier molecular flexibility index (Phi) is 5.04. The number of rotatable bonds is 5. The molecule has 2 heterocycles. The van der Waals surface area contributed by atoms with E-state index >= 15 is 0 Å². The number of ether oxygens (including phenoxy) is 1. The maximum atomic E-state index is 12.7. The fourth-order valence-electron chi connectivity index (χ4n) is 2.01. The molecule has 1 aliphatic rings. The third kappa shape index (κ3) is 4.01. The Hall–Kier alpha value is -1.04. The van der Waals surface area contributed by atoms with Gasteiger partial charge in [0.2, 0.25) is 0 Å². The van der Waals surface area contributed by atoms with Crippen LogP contribution in [0.15, 0.2) is 18.3 Å². The molecule has 0 amide bonds. The van der Waals surface area contributed by atoms with E-state index in [0.29, 0.717) is 0 Å². The summed E-state index contributed by atoms with van der Waals surface area (Å²) in [5.41, 5.74) is 0.873. The van der Waals surface area contributed by atoms with Crippen molar-refractivity contribution in [1.29, 1.82) is 0 Å². The summed E-state index contributed by atoms with van der Waals surface area (Å²) < 4.78 is 18.0. The van der Waals surface area contributed by atoms with Crippen LogP contribution in [-0.4, -0.2) is 49.3 Å². The van der Waals surface area contributed by atoms with Crippen molar-refractivity contribution in [2.24, 2.45) is 0 Å². The summed E-state index contributed by atoms with van der Waals surface area (Å²) in [7, 11) is 0. The molecule has 1 aromatic heterocycles. The number of nitrogens with zero attached hydrogens (tertiary/aromatic N) is 2. The topological polar surface area (TPSA) is 37.4 Å². The zero-order chi connectivity index (χ0) is 12.8. The van der Waals surface area contributed by atoms with Crippen molar-refractivity contribution >= 4 is 0 Å². The van der Waals surface area contributed by atoms with E-state index in [1.54, 1.807) is 6.07 Å². The van der Waals surface area contributed by atoms with Gasteiger partial charge in [0.05, 0.1) is 25.1 Å². The van der Waals surface area contributed by atoms with Crippen LogP contribution in [0.4, 0.5) is 4.39 Å². The first-order valence-electron chi connectivity index (χ1n) is 6.40.